The summed E-state index contributed by atoms with van der Waals surface area (Å²) in [4.78, 5) is 93.1. The minimum atomic E-state index is -0.482. The molecule has 0 saturated heterocycles. The van der Waals surface area contributed by atoms with Crippen LogP contribution in [0.5, 0.6) is 5.75 Å². The number of halogens is 2. The van der Waals surface area contributed by atoms with Crippen LogP contribution in [0.2, 0.25) is 5.02 Å². The van der Waals surface area contributed by atoms with Gasteiger partial charge in [-0.3, -0.25) is 71.8 Å². The second-order valence-corrected chi connectivity index (χ2v) is 42.3. The van der Waals surface area contributed by atoms with Gasteiger partial charge in [-0.05, 0) is 131 Å². The van der Waals surface area contributed by atoms with Gasteiger partial charge in [-0.2, -0.15) is 0 Å². The van der Waals surface area contributed by atoms with Crippen LogP contribution in [-0.4, -0.2) is 138 Å². The van der Waals surface area contributed by atoms with Crippen molar-refractivity contribution in [2.24, 2.45) is 52.0 Å². The lowest BCUT2D eigenvalue weighted by Gasteiger charge is -2.19. The molecule has 15 aromatic rings. The van der Waals surface area contributed by atoms with Crippen molar-refractivity contribution in [3.05, 3.63) is 385 Å². The van der Waals surface area contributed by atoms with Gasteiger partial charge in [0.2, 0.25) is 0 Å². The van der Waals surface area contributed by atoms with Gasteiger partial charge in [0, 0.05) is 114 Å². The van der Waals surface area contributed by atoms with Crippen LogP contribution in [0.25, 0.3) is 33.3 Å². The number of benzene rings is 10. The number of ether oxygens (including phenoxy) is 1. The zero-order valence-corrected chi connectivity index (χ0v) is 86.9. The number of nitrogens with zero attached hydrogens (tertiary/aromatic N) is 21. The van der Waals surface area contributed by atoms with Crippen molar-refractivity contribution in [3.63, 3.8) is 0 Å². The van der Waals surface area contributed by atoms with Gasteiger partial charge in [0.25, 0.3) is 0 Å². The number of hydrogen-bond donors (Lipinski definition) is 0. The van der Waals surface area contributed by atoms with Crippen molar-refractivity contribution in [2.45, 2.75) is 201 Å². The number of carbonyl (C=O) groups is 5. The summed E-state index contributed by atoms with van der Waals surface area (Å²) in [6, 6.07) is 77.3. The van der Waals surface area contributed by atoms with Gasteiger partial charge in [0.15, 0.2) is 34.8 Å². The third-order valence-electron chi connectivity index (χ3n) is 26.2. The summed E-state index contributed by atoms with van der Waals surface area (Å²) in [7, 11) is 1.65. The third-order valence-corrected chi connectivity index (χ3v) is 26.4. The van der Waals surface area contributed by atoms with Crippen molar-refractivity contribution in [2.75, 3.05) is 7.11 Å². The maximum Gasteiger partial charge on any atom is 0.187 e. The normalized spacial score (nSPS) is 15.8. The molecule has 10 aromatic carbocycles. The number of fused-ring (bicyclic) bond motifs is 15. The summed E-state index contributed by atoms with van der Waals surface area (Å²) in [5.41, 5.74) is 16.6. The number of para-hydroxylation sites is 5. The maximum atomic E-state index is 13.5. The average Bonchev–Trinajstić information content (AvgIpc) is 1.63. The Kier molecular flexibility index (Phi) is 29.8. The van der Waals surface area contributed by atoms with Crippen LogP contribution in [0.3, 0.4) is 0 Å². The predicted octanol–water partition coefficient (Wildman–Crippen LogP) is 23.7. The highest BCUT2D eigenvalue weighted by molar-refractivity contribution is 6.31. The summed E-state index contributed by atoms with van der Waals surface area (Å²) in [5, 5.41) is 44.1. The molecule has 5 aromatic heterocycles. The standard InChI is InChI=1S/C24H23N5O.C24H26N4O2.C23H23ClN4O.C23H23FN4O.C23H24N4O/c1-15-27-28-23-19(14-21(30)24(2,3)4)26-22(16-10-12-17(25-5)13-11-16)18-8-6-7-9-20(18)29(15)23;1-15-26-27-23-19(14-21(29)24(2,3)4)25-22(16-10-12-17(30-5)13-11-16)18-8-6-7-9-20(18)28(15)23;2*1-14-26-27-22-18(13-20(29)23(2,3)4)25-21(15-9-11-16(24)12-10-15)17-7-5-6-8-19(17)28(14)22;1-15-25-26-22-18(14-20(28)23(2,3)4)24-21(16-10-6-5-7-11-16)17-12-8-9-13-19(17)27(15)22/h6-13,19H,14H2,1-4H3;6-13,19H,14H2,1-5H3;2*5-12,18H,13H2,1-4H3;5-13,18H,14H2,1-4H3/t2*19-;3*18-/m00000/s1. The van der Waals surface area contributed by atoms with E-state index in [4.69, 9.17) is 47.9 Å². The summed E-state index contributed by atoms with van der Waals surface area (Å²) in [5.74, 6) is 8.39. The number of carbonyl (C=O) groups excluding carboxylic acids is 5. The van der Waals surface area contributed by atoms with E-state index in [0.717, 1.165) is 148 Å². The number of ketones is 5. The summed E-state index contributed by atoms with van der Waals surface area (Å²) in [6.07, 6.45) is 1.31. The number of hydrogen-bond acceptors (Lipinski definition) is 21. The zero-order chi connectivity index (χ0) is 104. The second-order valence-electron chi connectivity index (χ2n) is 41.9. The molecule has 5 atom stereocenters. The molecule has 0 fully saturated rings. The first kappa shape index (κ1) is 103. The maximum absolute atomic E-state index is 13.5. The van der Waals surface area contributed by atoms with Gasteiger partial charge >= 0.3 is 0 Å². The van der Waals surface area contributed by atoms with E-state index in [1.165, 1.54) is 12.1 Å². The van der Waals surface area contributed by atoms with Crippen LogP contribution in [0.4, 0.5) is 10.1 Å². The van der Waals surface area contributed by atoms with Crippen LogP contribution in [-0.2, 0) is 24.0 Å². The fourth-order valence-corrected chi connectivity index (χ4v) is 17.8. The highest BCUT2D eigenvalue weighted by atomic mass is 35.5. The molecule has 29 heteroatoms. The van der Waals surface area contributed by atoms with E-state index in [1.54, 1.807) is 31.4 Å². The molecule has 0 radical (unpaired) electrons. The van der Waals surface area contributed by atoms with E-state index in [1.807, 2.05) is 343 Å². The lowest BCUT2D eigenvalue weighted by atomic mass is 9.87. The second kappa shape index (κ2) is 42.2. The minimum absolute atomic E-state index is 0.0999. The molecule has 5 aliphatic heterocycles. The SMILES string of the molecule is COc1ccc(C2=N[C@@H](CC(=O)C(C)(C)C)c3nnc(C)n3-c3ccccc32)cc1.Cc1nnc2n1-c1ccccc1C(c1ccc(Cl)cc1)=N[C@H]2CC(=O)C(C)(C)C.Cc1nnc2n1-c1ccccc1C(c1ccc(F)cc1)=N[C@H]2CC(=O)C(C)(C)C.Cc1nnc2n1-c1ccccc1C(c1ccccc1)=N[C@H]2CC(=O)C(C)(C)C.[C-]#[N+]c1ccc(C2=N[C@@H](CC(=O)C(C)(C)C)c3nnc(C)n3-c3ccccc32)cc1. The van der Waals surface area contributed by atoms with Gasteiger partial charge in [-0.25, -0.2) is 9.24 Å². The molecule has 146 heavy (non-hydrogen) atoms. The van der Waals surface area contributed by atoms with Crippen molar-refractivity contribution < 1.29 is 33.1 Å². The summed E-state index contributed by atoms with van der Waals surface area (Å²) >= 11 is 6.10. The van der Waals surface area contributed by atoms with E-state index in [2.05, 4.69) is 86.2 Å². The van der Waals surface area contributed by atoms with E-state index in [-0.39, 0.29) is 66.5 Å². The van der Waals surface area contributed by atoms with Gasteiger partial charge in [-0.15, -0.1) is 51.0 Å². The number of rotatable bonds is 16. The van der Waals surface area contributed by atoms with Gasteiger partial charge in [0.05, 0.1) is 70.7 Å². The molecule has 0 N–H and O–H groups in total. The van der Waals surface area contributed by atoms with E-state index < -0.39 is 51.2 Å². The first-order chi connectivity index (χ1) is 69.4. The van der Waals surface area contributed by atoms with E-state index in [0.29, 0.717) is 46.3 Å². The van der Waals surface area contributed by atoms with Crippen LogP contribution in [0.1, 0.15) is 280 Å². The van der Waals surface area contributed by atoms with E-state index in [9.17, 15) is 28.4 Å². The molecule has 10 heterocycles. The monoisotopic (exact) mass is 1970 g/mol. The lowest BCUT2D eigenvalue weighted by Crippen LogP contribution is -2.23. The molecule has 742 valence electrons. The van der Waals surface area contributed by atoms with Gasteiger partial charge in [0.1, 0.15) is 99.8 Å². The molecule has 20 rings (SSSR count). The zero-order valence-electron chi connectivity index (χ0n) is 86.2. The number of aryl methyl sites for hydroxylation is 5. The first-order valence-corrected chi connectivity index (χ1v) is 49.2. The molecular weight excluding hydrogens is 1850 g/mol. The smallest absolute Gasteiger partial charge is 0.187 e. The van der Waals surface area contributed by atoms with Crippen LogP contribution < -0.4 is 4.74 Å². The van der Waals surface area contributed by atoms with Crippen molar-refractivity contribution in [3.8, 4) is 34.2 Å². The number of Topliss-reactive ketones (excluding diaryl/α,β-unsaturated/α-hetero) is 5. The van der Waals surface area contributed by atoms with E-state index >= 15 is 0 Å². The molecule has 0 saturated carbocycles. The fourth-order valence-electron chi connectivity index (χ4n) is 17.7. The van der Waals surface area contributed by atoms with Gasteiger partial charge in [-0.1, -0.05) is 273 Å². The van der Waals surface area contributed by atoms with Crippen LogP contribution >= 0.6 is 11.6 Å². The van der Waals surface area contributed by atoms with Gasteiger partial charge < -0.3 is 4.74 Å². The highest BCUT2D eigenvalue weighted by Gasteiger charge is 2.40. The summed E-state index contributed by atoms with van der Waals surface area (Å²) < 4.78 is 28.9. The quantitative estimate of drug-likeness (QED) is 0.0811. The molecule has 0 aliphatic carbocycles. The molecule has 0 spiro atoms. The highest BCUT2D eigenvalue weighted by Crippen LogP contribution is 2.43. The fraction of sp³-hybridized carbons (Fsp3) is 0.308. The van der Waals surface area contributed by atoms with Crippen LogP contribution in [0, 0.1) is 74.1 Å². The Morgan fingerprint density at radius 3 is 0.726 bits per heavy atom. The molecule has 0 unspecified atom stereocenters. The third kappa shape index (κ3) is 22.1. The number of methoxy groups -OCH3 is 1. The Balaban J connectivity index is 0.000000131. The lowest BCUT2D eigenvalue weighted by molar-refractivity contribution is -0.127. The predicted molar refractivity (Wildman–Crippen MR) is 568 cm³/mol. The molecule has 5 aliphatic rings. The van der Waals surface area contributed by atoms with Crippen molar-refractivity contribution in [1.82, 2.24) is 73.8 Å². The Bertz CT molecular complexity index is 7510. The Labute approximate surface area is 855 Å². The molecular formula is C117H119ClFN21O6. The minimum Gasteiger partial charge on any atom is -0.497 e. The average molecular weight is 1970 g/mol. The molecule has 0 bridgehead atoms. The Morgan fingerprint density at radius 1 is 0.295 bits per heavy atom. The largest absolute Gasteiger partial charge is 0.497 e. The molecule has 27 nitrogen and oxygen atoms in total. The molecule has 0 amide bonds. The van der Waals surface area contributed by atoms with Crippen LogP contribution in [0.15, 0.2) is 274 Å². The van der Waals surface area contributed by atoms with Crippen molar-refractivity contribution in [1.29, 1.82) is 0 Å². The van der Waals surface area contributed by atoms with Crippen molar-refractivity contribution >= 4 is 74.8 Å². The summed E-state index contributed by atoms with van der Waals surface area (Å²) in [6.45, 7) is 45.7. The topological polar surface area (TPSA) is 314 Å². The Morgan fingerprint density at radius 2 is 0.500 bits per heavy atom. The Hall–Kier alpha value is -15.9. The number of aromatic nitrogens is 15. The number of aliphatic imine (C=N–C) groups is 5. The first-order valence-electron chi connectivity index (χ1n) is 48.8.